The molecule has 0 aliphatic heterocycles. The van der Waals surface area contributed by atoms with Gasteiger partial charge in [0, 0.05) is 11.6 Å². The highest BCUT2D eigenvalue weighted by atomic mass is 35.5. The summed E-state index contributed by atoms with van der Waals surface area (Å²) in [5.41, 5.74) is 4.16. The molecule has 18 heavy (non-hydrogen) atoms. The van der Waals surface area contributed by atoms with Gasteiger partial charge in [-0.1, -0.05) is 24.4 Å². The van der Waals surface area contributed by atoms with Gasteiger partial charge in [-0.3, -0.25) is 0 Å². The lowest BCUT2D eigenvalue weighted by atomic mass is 9.96. The Morgan fingerprint density at radius 2 is 1.94 bits per heavy atom. The molecule has 0 radical (unpaired) electrons. The van der Waals surface area contributed by atoms with Crippen LogP contribution in [0, 0.1) is 11.7 Å². The van der Waals surface area contributed by atoms with Gasteiger partial charge in [-0.2, -0.15) is 13.2 Å². The molecule has 2 rings (SSSR count). The van der Waals surface area contributed by atoms with Gasteiger partial charge in [0.2, 0.25) is 0 Å². The Morgan fingerprint density at radius 3 is 2.44 bits per heavy atom. The van der Waals surface area contributed by atoms with Crippen LogP contribution in [0.4, 0.5) is 17.6 Å². The predicted octanol–water partition coefficient (Wildman–Crippen LogP) is 4.30. The van der Waals surface area contributed by atoms with E-state index in [1.165, 1.54) is 0 Å². The summed E-state index contributed by atoms with van der Waals surface area (Å²) in [5, 5.41) is -0.329. The summed E-state index contributed by atoms with van der Waals surface area (Å²) in [6.07, 6.45) is -2.38. The van der Waals surface area contributed by atoms with Crippen molar-refractivity contribution >= 4 is 11.6 Å². The quantitative estimate of drug-likeness (QED) is 0.822. The van der Waals surface area contributed by atoms with Crippen molar-refractivity contribution in [3.8, 4) is 0 Å². The molecule has 1 atom stereocenters. The Morgan fingerprint density at radius 1 is 1.33 bits per heavy atom. The fourth-order valence-corrected chi connectivity index (χ4v) is 2.17. The Kier molecular flexibility index (Phi) is 3.56. The standard InChI is InChI=1S/C12H12ClF4N/c13-8-4-3-7(12(15,16)17)10(11(8)14)9(18)5-6-1-2-6/h3-4,6,9H,1-2,5,18H2/t9-/m0/s1. The second-order valence-electron chi connectivity index (χ2n) is 4.61. The van der Waals surface area contributed by atoms with Crippen LogP contribution >= 0.6 is 11.6 Å². The second-order valence-corrected chi connectivity index (χ2v) is 5.01. The van der Waals surface area contributed by atoms with E-state index in [1.807, 2.05) is 0 Å². The van der Waals surface area contributed by atoms with E-state index in [2.05, 4.69) is 0 Å². The summed E-state index contributed by atoms with van der Waals surface area (Å²) >= 11 is 5.53. The smallest absolute Gasteiger partial charge is 0.324 e. The number of benzene rings is 1. The molecule has 1 aromatic carbocycles. The summed E-state index contributed by atoms with van der Waals surface area (Å²) in [5.74, 6) is -0.751. The predicted molar refractivity (Wildman–Crippen MR) is 60.7 cm³/mol. The molecule has 0 bridgehead atoms. The molecule has 1 aliphatic carbocycles. The SMILES string of the molecule is N[C@@H](CC1CC1)c1c(C(F)(F)F)ccc(Cl)c1F. The van der Waals surface area contributed by atoms with E-state index in [9.17, 15) is 17.6 Å². The lowest BCUT2D eigenvalue weighted by Gasteiger charge is -2.19. The summed E-state index contributed by atoms with van der Waals surface area (Å²) in [6.45, 7) is 0. The molecule has 1 aliphatic rings. The van der Waals surface area contributed by atoms with Crippen molar-refractivity contribution in [1.29, 1.82) is 0 Å². The number of alkyl halides is 3. The van der Waals surface area contributed by atoms with Crippen LogP contribution in [0.25, 0.3) is 0 Å². The van der Waals surface area contributed by atoms with Crippen LogP contribution in [0.3, 0.4) is 0 Å². The molecule has 0 heterocycles. The Bertz CT molecular complexity index is 454. The molecule has 0 spiro atoms. The van der Waals surface area contributed by atoms with Crippen molar-refractivity contribution in [2.75, 3.05) is 0 Å². The van der Waals surface area contributed by atoms with E-state index >= 15 is 0 Å². The summed E-state index contributed by atoms with van der Waals surface area (Å²) < 4.78 is 52.2. The largest absolute Gasteiger partial charge is 0.416 e. The molecule has 0 unspecified atom stereocenters. The minimum absolute atomic E-state index is 0.305. The number of hydrogen-bond donors (Lipinski definition) is 1. The van der Waals surface area contributed by atoms with Crippen LogP contribution in [-0.4, -0.2) is 0 Å². The van der Waals surface area contributed by atoms with Crippen molar-refractivity contribution in [2.45, 2.75) is 31.5 Å². The van der Waals surface area contributed by atoms with Crippen LogP contribution in [0.1, 0.15) is 36.4 Å². The van der Waals surface area contributed by atoms with E-state index < -0.39 is 29.2 Å². The van der Waals surface area contributed by atoms with Crippen molar-refractivity contribution in [3.05, 3.63) is 34.1 Å². The fraction of sp³-hybridized carbons (Fsp3) is 0.500. The molecule has 2 N–H and O–H groups in total. The van der Waals surface area contributed by atoms with E-state index in [1.54, 1.807) is 0 Å². The van der Waals surface area contributed by atoms with Crippen molar-refractivity contribution in [2.24, 2.45) is 11.7 Å². The zero-order chi connectivity index (χ0) is 13.5. The number of halogens is 5. The van der Waals surface area contributed by atoms with E-state index in [0.717, 1.165) is 25.0 Å². The van der Waals surface area contributed by atoms with Crippen LogP contribution < -0.4 is 5.73 Å². The minimum atomic E-state index is -4.62. The summed E-state index contributed by atoms with van der Waals surface area (Å²) in [7, 11) is 0. The second kappa shape index (κ2) is 4.70. The van der Waals surface area contributed by atoms with Crippen LogP contribution in [0.15, 0.2) is 12.1 Å². The number of nitrogens with two attached hydrogens (primary N) is 1. The summed E-state index contributed by atoms with van der Waals surface area (Å²) in [4.78, 5) is 0. The first-order chi connectivity index (χ1) is 8.30. The topological polar surface area (TPSA) is 26.0 Å². The molecule has 1 nitrogen and oxygen atoms in total. The van der Waals surface area contributed by atoms with E-state index in [-0.39, 0.29) is 5.02 Å². The molecular weight excluding hydrogens is 270 g/mol. The third kappa shape index (κ3) is 2.78. The molecular formula is C12H12ClF4N. The summed E-state index contributed by atoms with van der Waals surface area (Å²) in [6, 6.07) is 0.730. The molecule has 6 heteroatoms. The van der Waals surface area contributed by atoms with Gasteiger partial charge in [0.15, 0.2) is 0 Å². The normalized spacial score (nSPS) is 17.9. The molecule has 0 saturated heterocycles. The molecule has 1 aromatic rings. The molecule has 0 amide bonds. The maximum absolute atomic E-state index is 13.8. The van der Waals surface area contributed by atoms with Crippen molar-refractivity contribution in [1.82, 2.24) is 0 Å². The monoisotopic (exact) mass is 281 g/mol. The van der Waals surface area contributed by atoms with Gasteiger partial charge in [0.05, 0.1) is 10.6 Å². The molecule has 0 aromatic heterocycles. The van der Waals surface area contributed by atoms with Gasteiger partial charge in [-0.05, 0) is 24.5 Å². The fourth-order valence-electron chi connectivity index (χ4n) is 2.01. The highest BCUT2D eigenvalue weighted by Gasteiger charge is 2.38. The first-order valence-corrected chi connectivity index (χ1v) is 5.99. The van der Waals surface area contributed by atoms with Crippen molar-refractivity contribution < 1.29 is 17.6 Å². The van der Waals surface area contributed by atoms with Crippen LogP contribution in [0.5, 0.6) is 0 Å². The maximum Gasteiger partial charge on any atom is 0.416 e. The zero-order valence-electron chi connectivity index (χ0n) is 9.40. The zero-order valence-corrected chi connectivity index (χ0v) is 10.2. The van der Waals surface area contributed by atoms with E-state index in [4.69, 9.17) is 17.3 Å². The average molecular weight is 282 g/mol. The number of rotatable bonds is 3. The van der Waals surface area contributed by atoms with Crippen LogP contribution in [-0.2, 0) is 6.18 Å². The third-order valence-electron chi connectivity index (χ3n) is 3.09. The van der Waals surface area contributed by atoms with Gasteiger partial charge in [-0.25, -0.2) is 4.39 Å². The molecule has 100 valence electrons. The third-order valence-corrected chi connectivity index (χ3v) is 3.38. The van der Waals surface area contributed by atoms with E-state index in [0.29, 0.717) is 12.3 Å². The molecule has 1 fully saturated rings. The maximum atomic E-state index is 13.8. The van der Waals surface area contributed by atoms with Gasteiger partial charge in [0.25, 0.3) is 0 Å². The first-order valence-electron chi connectivity index (χ1n) is 5.61. The van der Waals surface area contributed by atoms with Gasteiger partial charge in [0.1, 0.15) is 5.82 Å². The first kappa shape index (κ1) is 13.6. The van der Waals surface area contributed by atoms with Gasteiger partial charge >= 0.3 is 6.18 Å². The Balaban J connectivity index is 2.43. The van der Waals surface area contributed by atoms with Crippen molar-refractivity contribution in [3.63, 3.8) is 0 Å². The highest BCUT2D eigenvalue weighted by Crippen LogP contribution is 2.42. The van der Waals surface area contributed by atoms with Gasteiger partial charge < -0.3 is 5.73 Å². The van der Waals surface area contributed by atoms with Gasteiger partial charge in [-0.15, -0.1) is 0 Å². The number of hydrogen-bond acceptors (Lipinski definition) is 1. The highest BCUT2D eigenvalue weighted by molar-refractivity contribution is 6.30. The Hall–Kier alpha value is -0.810. The average Bonchev–Trinajstić information content (AvgIpc) is 3.03. The minimum Gasteiger partial charge on any atom is -0.324 e. The lowest BCUT2D eigenvalue weighted by molar-refractivity contribution is -0.138. The molecule has 1 saturated carbocycles. The Labute approximate surface area is 107 Å². The lowest BCUT2D eigenvalue weighted by Crippen LogP contribution is -2.20. The van der Waals surface area contributed by atoms with Crippen LogP contribution in [0.2, 0.25) is 5.02 Å².